The van der Waals surface area contributed by atoms with Gasteiger partial charge in [-0.05, 0) is 96.9 Å². The van der Waals surface area contributed by atoms with Crippen LogP contribution in [-0.2, 0) is 17.9 Å². The fourth-order valence-corrected chi connectivity index (χ4v) is 9.32. The summed E-state index contributed by atoms with van der Waals surface area (Å²) < 4.78 is 31.5. The maximum absolute atomic E-state index is 13.2. The molecule has 6 nitrogen and oxygen atoms in total. The first-order chi connectivity index (χ1) is 20.1. The second kappa shape index (κ2) is 8.70. The number of aromatic amines is 1. The van der Waals surface area contributed by atoms with Crippen molar-refractivity contribution in [2.75, 3.05) is 0 Å². The smallest absolute Gasteiger partial charge is 0.275 e. The van der Waals surface area contributed by atoms with Gasteiger partial charge in [0.25, 0.3) is 11.1 Å². The summed E-state index contributed by atoms with van der Waals surface area (Å²) in [7, 11) is 1.95. The third kappa shape index (κ3) is 3.38. The second-order valence-electron chi connectivity index (χ2n) is 14.7. The zero-order valence-corrected chi connectivity index (χ0v) is 26.0. The molecule has 2 saturated carbocycles. The number of benzene rings is 2. The summed E-state index contributed by atoms with van der Waals surface area (Å²) in [4.78, 5) is 25.8. The number of fused-ring (bicyclic) bond motifs is 10. The predicted molar refractivity (Wildman–Crippen MR) is 164 cm³/mol. The van der Waals surface area contributed by atoms with Gasteiger partial charge in [0.15, 0.2) is 0 Å². The van der Waals surface area contributed by atoms with Crippen molar-refractivity contribution in [3.8, 4) is 11.4 Å². The lowest BCUT2D eigenvalue weighted by Gasteiger charge is -2.36. The molecule has 0 amide bonds. The Bertz CT molecular complexity index is 1890. The Balaban J connectivity index is 0.000000140. The van der Waals surface area contributed by atoms with E-state index in [0.717, 1.165) is 48.2 Å². The molecule has 0 unspecified atom stereocenters. The number of aromatic nitrogens is 4. The standard InChI is InChI=1S/C18H21FN2O.C17H19FN2O/c1-17(2)13-9-10-18(17,3)15-14(13)16(22)21(20(15)4)12-7-5-11(19)6-8-12;1-16(2)12-8-9-17(16,3)14-13(12)15(21)20(19-14)11-6-4-10(18)5-7-11/h5-8,13H,9-10H2,1-4H3;4-7,12,19H,8-9H2,1-3H3/t13-,18+;12-,17+/m11/s1. The van der Waals surface area contributed by atoms with Crippen LogP contribution in [0.3, 0.4) is 0 Å². The van der Waals surface area contributed by atoms with E-state index in [1.165, 1.54) is 30.0 Å². The summed E-state index contributed by atoms with van der Waals surface area (Å²) in [5, 5.41) is 3.31. The molecule has 0 spiro atoms. The monoisotopic (exact) mass is 586 g/mol. The second-order valence-corrected chi connectivity index (χ2v) is 14.7. The number of hydrogen-bond donors (Lipinski definition) is 1. The number of H-pyrrole nitrogens is 1. The summed E-state index contributed by atoms with van der Waals surface area (Å²) in [5.41, 5.74) is 5.98. The van der Waals surface area contributed by atoms with E-state index in [1.807, 2.05) is 11.7 Å². The Hall–Kier alpha value is -3.68. The van der Waals surface area contributed by atoms with Gasteiger partial charge in [0.05, 0.1) is 17.1 Å². The lowest BCUT2D eigenvalue weighted by atomic mass is 9.70. The normalized spacial score (nSPS) is 28.5. The number of halogens is 2. The van der Waals surface area contributed by atoms with Crippen LogP contribution in [0.2, 0.25) is 0 Å². The van der Waals surface area contributed by atoms with E-state index < -0.39 is 0 Å². The van der Waals surface area contributed by atoms with Gasteiger partial charge in [-0.15, -0.1) is 0 Å². The molecule has 4 aliphatic rings. The first-order valence-electron chi connectivity index (χ1n) is 15.3. The zero-order valence-electron chi connectivity index (χ0n) is 26.0. The van der Waals surface area contributed by atoms with E-state index in [4.69, 9.17) is 0 Å². The van der Waals surface area contributed by atoms with Crippen molar-refractivity contribution >= 4 is 0 Å². The van der Waals surface area contributed by atoms with Gasteiger partial charge in [0, 0.05) is 34.7 Å². The summed E-state index contributed by atoms with van der Waals surface area (Å²) in [6.45, 7) is 13.6. The average molecular weight is 587 g/mol. The van der Waals surface area contributed by atoms with E-state index in [9.17, 15) is 18.4 Å². The average Bonchev–Trinajstić information content (AvgIpc) is 3.67. The van der Waals surface area contributed by atoms with Crippen molar-refractivity contribution in [3.05, 3.63) is 103 Å². The number of rotatable bonds is 2. The minimum atomic E-state index is -0.293. The molecule has 8 heteroatoms. The highest BCUT2D eigenvalue weighted by molar-refractivity contribution is 5.48. The minimum Gasteiger partial charge on any atom is -0.294 e. The van der Waals surface area contributed by atoms with Crippen LogP contribution < -0.4 is 11.1 Å². The van der Waals surface area contributed by atoms with Crippen molar-refractivity contribution < 1.29 is 8.78 Å². The van der Waals surface area contributed by atoms with E-state index in [2.05, 4.69) is 46.6 Å². The molecule has 8 rings (SSSR count). The van der Waals surface area contributed by atoms with E-state index in [1.54, 1.807) is 33.6 Å². The summed E-state index contributed by atoms with van der Waals surface area (Å²) >= 11 is 0. The van der Waals surface area contributed by atoms with Gasteiger partial charge in [-0.1, -0.05) is 41.5 Å². The quantitative estimate of drug-likeness (QED) is 0.276. The Morgan fingerprint density at radius 1 is 0.698 bits per heavy atom. The summed E-state index contributed by atoms with van der Waals surface area (Å²) in [5.74, 6) is 0.0709. The van der Waals surface area contributed by atoms with Crippen LogP contribution in [0.5, 0.6) is 0 Å². The molecule has 1 N–H and O–H groups in total. The fourth-order valence-electron chi connectivity index (χ4n) is 9.32. The summed E-state index contributed by atoms with van der Waals surface area (Å²) in [6.07, 6.45) is 4.39. The van der Waals surface area contributed by atoms with E-state index in [-0.39, 0.29) is 44.4 Å². The lowest BCUT2D eigenvalue weighted by molar-refractivity contribution is 0.218. The minimum absolute atomic E-state index is 0.0252. The Morgan fingerprint density at radius 2 is 1.19 bits per heavy atom. The Kier molecular flexibility index (Phi) is 5.69. The van der Waals surface area contributed by atoms with Gasteiger partial charge in [-0.3, -0.25) is 19.4 Å². The molecule has 2 aromatic carbocycles. The van der Waals surface area contributed by atoms with Crippen molar-refractivity contribution in [1.82, 2.24) is 19.1 Å². The van der Waals surface area contributed by atoms with Gasteiger partial charge in [-0.25, -0.2) is 18.1 Å². The fraction of sp³-hybridized carbons (Fsp3) is 0.486. The Morgan fingerprint density at radius 3 is 1.72 bits per heavy atom. The largest absolute Gasteiger partial charge is 0.294 e. The molecule has 0 saturated heterocycles. The van der Waals surface area contributed by atoms with Crippen molar-refractivity contribution in [2.24, 2.45) is 17.9 Å². The third-order valence-corrected chi connectivity index (χ3v) is 12.6. The van der Waals surface area contributed by atoms with Crippen molar-refractivity contribution in [2.45, 2.75) is 89.9 Å². The van der Waals surface area contributed by atoms with Crippen LogP contribution in [0.1, 0.15) is 102 Å². The molecule has 226 valence electrons. The van der Waals surface area contributed by atoms with Gasteiger partial charge in [0.2, 0.25) is 0 Å². The predicted octanol–water partition coefficient (Wildman–Crippen LogP) is 6.97. The lowest BCUT2D eigenvalue weighted by Crippen LogP contribution is -2.35. The molecule has 2 aromatic heterocycles. The molecular weight excluding hydrogens is 546 g/mol. The molecule has 4 aliphatic carbocycles. The Labute approximate surface area is 250 Å². The number of nitrogens with one attached hydrogen (secondary N) is 1. The van der Waals surface area contributed by atoms with Crippen LogP contribution in [0, 0.1) is 22.5 Å². The topological polar surface area (TPSA) is 64.7 Å². The van der Waals surface area contributed by atoms with Gasteiger partial charge in [-0.2, -0.15) is 0 Å². The molecule has 0 aliphatic heterocycles. The SMILES string of the molecule is CC1(C)[C@@H]2CC[C@@]1(C)c1[nH]n(-c3ccc(F)cc3)c(=O)c12.Cn1c2c(c(=O)n1-c1ccc(F)cc1)[C@H]1CC[C@]2(C)C1(C)C. The highest BCUT2D eigenvalue weighted by Crippen LogP contribution is 2.67. The highest BCUT2D eigenvalue weighted by Gasteiger charge is 2.63. The number of hydrogen-bond acceptors (Lipinski definition) is 2. The third-order valence-electron chi connectivity index (χ3n) is 12.6. The van der Waals surface area contributed by atoms with Crippen molar-refractivity contribution in [1.29, 1.82) is 0 Å². The highest BCUT2D eigenvalue weighted by atomic mass is 19.1. The molecular formula is C35H40F2N4O2. The van der Waals surface area contributed by atoms with Crippen LogP contribution in [-0.4, -0.2) is 19.1 Å². The maximum Gasteiger partial charge on any atom is 0.275 e. The molecule has 4 aromatic rings. The van der Waals surface area contributed by atoms with Crippen LogP contribution in [0.4, 0.5) is 8.78 Å². The van der Waals surface area contributed by atoms with Crippen molar-refractivity contribution in [3.63, 3.8) is 0 Å². The van der Waals surface area contributed by atoms with Crippen LogP contribution in [0.15, 0.2) is 58.1 Å². The van der Waals surface area contributed by atoms with Gasteiger partial charge in [0.1, 0.15) is 11.6 Å². The molecule has 43 heavy (non-hydrogen) atoms. The first kappa shape index (κ1) is 28.1. The van der Waals surface area contributed by atoms with E-state index in [0.29, 0.717) is 17.5 Å². The molecule has 0 radical (unpaired) electrons. The molecule has 4 atom stereocenters. The first-order valence-corrected chi connectivity index (χ1v) is 15.3. The van der Waals surface area contributed by atoms with Gasteiger partial charge >= 0.3 is 0 Å². The zero-order chi connectivity index (χ0) is 30.9. The maximum atomic E-state index is 13.2. The number of nitrogens with zero attached hydrogens (tertiary/aromatic N) is 3. The van der Waals surface area contributed by atoms with Crippen LogP contribution >= 0.6 is 0 Å². The molecule has 2 fully saturated rings. The van der Waals surface area contributed by atoms with Gasteiger partial charge < -0.3 is 0 Å². The summed E-state index contributed by atoms with van der Waals surface area (Å²) in [6, 6.07) is 12.2. The molecule has 2 heterocycles. The van der Waals surface area contributed by atoms with Crippen LogP contribution in [0.25, 0.3) is 11.4 Å². The van der Waals surface area contributed by atoms with E-state index >= 15 is 0 Å². The molecule has 4 bridgehead atoms.